The second-order valence-electron chi connectivity index (χ2n) is 2.71. The number of hydrogen-bond acceptors (Lipinski definition) is 2. The summed E-state index contributed by atoms with van der Waals surface area (Å²) in [5.41, 5.74) is -2.82. The molecule has 1 rings (SSSR count). The minimum absolute atomic E-state index is 0.133. The molecule has 0 aliphatic carbocycles. The highest BCUT2D eigenvalue weighted by Gasteiger charge is 2.37. The molecule has 0 saturated heterocycles. The summed E-state index contributed by atoms with van der Waals surface area (Å²) in [7, 11) is 1.12. The second kappa shape index (κ2) is 4.52. The van der Waals surface area contributed by atoms with Gasteiger partial charge in [-0.1, -0.05) is 0 Å². The number of aromatic nitrogens is 1. The number of ether oxygens (including phenoxy) is 1. The topological polar surface area (TPSA) is 22.1 Å². The van der Waals surface area contributed by atoms with E-state index in [0.29, 0.717) is 6.07 Å². The van der Waals surface area contributed by atoms with E-state index in [0.717, 1.165) is 7.11 Å². The van der Waals surface area contributed by atoms with E-state index in [1.807, 2.05) is 0 Å². The van der Waals surface area contributed by atoms with Crippen molar-refractivity contribution in [2.24, 2.45) is 0 Å². The molecule has 90 valence electrons. The molecule has 1 aromatic heterocycles. The van der Waals surface area contributed by atoms with Gasteiger partial charge in [0.2, 0.25) is 5.88 Å². The highest BCUT2D eigenvalue weighted by molar-refractivity contribution is 9.10. The van der Waals surface area contributed by atoms with Crippen LogP contribution in [0, 0.1) is 0 Å². The molecule has 0 aliphatic rings. The van der Waals surface area contributed by atoms with Crippen LogP contribution < -0.4 is 4.74 Å². The minimum Gasteiger partial charge on any atom is -0.480 e. The molecule has 16 heavy (non-hydrogen) atoms. The summed E-state index contributed by atoms with van der Waals surface area (Å²) in [5.74, 6) is -0.316. The summed E-state index contributed by atoms with van der Waals surface area (Å²) >= 11 is 2.75. The third kappa shape index (κ3) is 2.60. The van der Waals surface area contributed by atoms with Crippen molar-refractivity contribution in [2.45, 2.75) is 12.6 Å². The third-order valence-electron chi connectivity index (χ3n) is 1.68. The Hall–Kier alpha value is -0.920. The van der Waals surface area contributed by atoms with E-state index in [1.165, 1.54) is 0 Å². The largest absolute Gasteiger partial charge is 0.480 e. The number of alkyl halides is 5. The van der Waals surface area contributed by atoms with Gasteiger partial charge < -0.3 is 4.74 Å². The van der Waals surface area contributed by atoms with Gasteiger partial charge in [0.05, 0.1) is 17.1 Å². The lowest BCUT2D eigenvalue weighted by atomic mass is 10.2. The molecule has 0 radical (unpaired) electrons. The first-order valence-corrected chi connectivity index (χ1v) is 4.66. The summed E-state index contributed by atoms with van der Waals surface area (Å²) in [6, 6.07) is 0.521. The van der Waals surface area contributed by atoms with E-state index < -0.39 is 23.9 Å². The quantitative estimate of drug-likeness (QED) is 0.775. The maximum absolute atomic E-state index is 12.4. The molecule has 0 fully saturated rings. The number of methoxy groups -OCH3 is 1. The maximum Gasteiger partial charge on any atom is 0.418 e. The van der Waals surface area contributed by atoms with Crippen molar-refractivity contribution in [3.63, 3.8) is 0 Å². The van der Waals surface area contributed by atoms with Crippen molar-refractivity contribution in [3.05, 3.63) is 21.8 Å². The van der Waals surface area contributed by atoms with Crippen molar-refractivity contribution >= 4 is 15.9 Å². The highest BCUT2D eigenvalue weighted by atomic mass is 79.9. The molecule has 0 atom stereocenters. The number of hydrogen-bond donors (Lipinski definition) is 0. The zero-order chi connectivity index (χ0) is 12.5. The predicted octanol–water partition coefficient (Wildman–Crippen LogP) is 3.81. The Labute approximate surface area is 95.6 Å². The second-order valence-corrected chi connectivity index (χ2v) is 3.57. The van der Waals surface area contributed by atoms with E-state index in [-0.39, 0.29) is 10.4 Å². The first-order chi connectivity index (χ1) is 7.27. The van der Waals surface area contributed by atoms with Gasteiger partial charge in [-0.15, -0.1) is 0 Å². The molecule has 1 aromatic rings. The van der Waals surface area contributed by atoms with E-state index >= 15 is 0 Å². The fourth-order valence-corrected chi connectivity index (χ4v) is 1.50. The zero-order valence-corrected chi connectivity index (χ0v) is 9.36. The van der Waals surface area contributed by atoms with Crippen molar-refractivity contribution in [2.75, 3.05) is 7.11 Å². The molecule has 2 nitrogen and oxygen atoms in total. The van der Waals surface area contributed by atoms with Crippen LogP contribution in [0.1, 0.15) is 17.7 Å². The van der Waals surface area contributed by atoms with Crippen LogP contribution in [0.3, 0.4) is 0 Å². The smallest absolute Gasteiger partial charge is 0.418 e. The highest BCUT2D eigenvalue weighted by Crippen LogP contribution is 2.39. The Balaban J connectivity index is 3.42. The number of rotatable bonds is 2. The SMILES string of the molecule is COc1nc(C(F)F)c(C(F)(F)F)cc1Br. The van der Waals surface area contributed by atoms with Crippen molar-refractivity contribution in [1.82, 2.24) is 4.98 Å². The first kappa shape index (κ1) is 13.1. The van der Waals surface area contributed by atoms with E-state index in [1.54, 1.807) is 0 Å². The Morgan fingerprint density at radius 1 is 1.38 bits per heavy atom. The molecule has 0 aliphatic heterocycles. The standard InChI is InChI=1S/C8H5BrF5NO/c1-16-7-4(9)2-3(8(12,13)14)5(15-7)6(10)11/h2,6H,1H3. The Bertz CT molecular complexity index is 393. The molecule has 0 bridgehead atoms. The number of halogens is 6. The van der Waals surface area contributed by atoms with E-state index in [4.69, 9.17) is 0 Å². The lowest BCUT2D eigenvalue weighted by molar-refractivity contribution is -0.140. The minimum atomic E-state index is -4.88. The van der Waals surface area contributed by atoms with Crippen LogP contribution in [0.5, 0.6) is 5.88 Å². The van der Waals surface area contributed by atoms with Gasteiger partial charge in [-0.3, -0.25) is 0 Å². The van der Waals surface area contributed by atoms with Crippen LogP contribution in [0.25, 0.3) is 0 Å². The lowest BCUT2D eigenvalue weighted by Gasteiger charge is -2.13. The molecule has 0 aromatic carbocycles. The molecule has 0 amide bonds. The van der Waals surface area contributed by atoms with Gasteiger partial charge in [-0.05, 0) is 22.0 Å². The van der Waals surface area contributed by atoms with Crippen LogP contribution >= 0.6 is 15.9 Å². The maximum atomic E-state index is 12.4. The van der Waals surface area contributed by atoms with Gasteiger partial charge in [0.1, 0.15) is 5.69 Å². The normalized spacial score (nSPS) is 12.0. The van der Waals surface area contributed by atoms with Gasteiger partial charge in [0, 0.05) is 0 Å². The van der Waals surface area contributed by atoms with Crippen LogP contribution in [0.15, 0.2) is 10.5 Å². The molecule has 0 spiro atoms. The first-order valence-electron chi connectivity index (χ1n) is 3.87. The van der Waals surface area contributed by atoms with Gasteiger partial charge in [0.25, 0.3) is 6.43 Å². The summed E-state index contributed by atoms with van der Waals surface area (Å²) < 4.78 is 66.3. The van der Waals surface area contributed by atoms with Crippen LogP contribution in [-0.2, 0) is 6.18 Å². The summed E-state index contributed by atoms with van der Waals surface area (Å²) in [4.78, 5) is 3.12. The van der Waals surface area contributed by atoms with Gasteiger partial charge in [-0.25, -0.2) is 13.8 Å². The molecule has 0 unspecified atom stereocenters. The van der Waals surface area contributed by atoms with Crippen LogP contribution in [-0.4, -0.2) is 12.1 Å². The molecule has 1 heterocycles. The molecule has 0 N–H and O–H groups in total. The van der Waals surface area contributed by atoms with Crippen molar-refractivity contribution < 1.29 is 26.7 Å². The number of pyridine rings is 1. The monoisotopic (exact) mass is 305 g/mol. The average Bonchev–Trinajstić information content (AvgIpc) is 2.15. The average molecular weight is 306 g/mol. The fraction of sp³-hybridized carbons (Fsp3) is 0.375. The molecular weight excluding hydrogens is 301 g/mol. The summed E-state index contributed by atoms with van der Waals surface area (Å²) in [5, 5.41) is 0. The van der Waals surface area contributed by atoms with Gasteiger partial charge in [-0.2, -0.15) is 13.2 Å². The summed E-state index contributed by atoms with van der Waals surface area (Å²) in [6.45, 7) is 0. The molecule has 0 saturated carbocycles. The van der Waals surface area contributed by atoms with Gasteiger partial charge >= 0.3 is 6.18 Å². The zero-order valence-electron chi connectivity index (χ0n) is 7.78. The molecule has 8 heteroatoms. The predicted molar refractivity (Wildman–Crippen MR) is 48.4 cm³/mol. The molecular formula is C8H5BrF5NO. The number of nitrogens with zero attached hydrogens (tertiary/aromatic N) is 1. The lowest BCUT2D eigenvalue weighted by Crippen LogP contribution is -2.12. The Morgan fingerprint density at radius 2 is 1.94 bits per heavy atom. The van der Waals surface area contributed by atoms with Gasteiger partial charge in [0.15, 0.2) is 0 Å². The summed E-state index contributed by atoms with van der Waals surface area (Å²) in [6.07, 6.45) is -8.20. The Morgan fingerprint density at radius 3 is 2.31 bits per heavy atom. The van der Waals surface area contributed by atoms with Crippen LogP contribution in [0.2, 0.25) is 0 Å². The van der Waals surface area contributed by atoms with Crippen molar-refractivity contribution in [1.29, 1.82) is 0 Å². The van der Waals surface area contributed by atoms with E-state index in [2.05, 4.69) is 25.7 Å². The van der Waals surface area contributed by atoms with Crippen molar-refractivity contribution in [3.8, 4) is 5.88 Å². The van der Waals surface area contributed by atoms with E-state index in [9.17, 15) is 22.0 Å². The third-order valence-corrected chi connectivity index (χ3v) is 2.25. The fourth-order valence-electron chi connectivity index (χ4n) is 1.02. The Kier molecular flexibility index (Phi) is 3.72. The van der Waals surface area contributed by atoms with Crippen LogP contribution in [0.4, 0.5) is 22.0 Å².